The Labute approximate surface area is 119 Å². The van der Waals surface area contributed by atoms with E-state index < -0.39 is 24.5 Å². The zero-order valence-corrected chi connectivity index (χ0v) is 11.5. The molecular weight excluding hydrogens is 284 g/mol. The molecular formula is C13H16O6S. The summed E-state index contributed by atoms with van der Waals surface area (Å²) in [6, 6.07) is 3.57. The van der Waals surface area contributed by atoms with Gasteiger partial charge in [-0.2, -0.15) is 0 Å². The maximum absolute atomic E-state index is 11.2. The molecule has 3 unspecified atom stereocenters. The lowest BCUT2D eigenvalue weighted by Crippen LogP contribution is -2.39. The summed E-state index contributed by atoms with van der Waals surface area (Å²) in [5, 5.41) is 29.7. The lowest BCUT2D eigenvalue weighted by Gasteiger charge is -2.32. The van der Waals surface area contributed by atoms with Crippen LogP contribution in [0.2, 0.25) is 0 Å². The van der Waals surface area contributed by atoms with Crippen molar-refractivity contribution in [3.63, 3.8) is 0 Å². The standard InChI is InChI=1S/C13H16O6S/c14-7-9-4-8(15)5-12(18-9)19-11(13(16)17)6-10-2-1-3-20-10/h1-3,6,8-9,12,14-15H,4-5,7H2,(H,16,17)/b11-6-. The average Bonchev–Trinajstić information content (AvgIpc) is 2.90. The predicted molar refractivity (Wildman–Crippen MR) is 72.0 cm³/mol. The fourth-order valence-electron chi connectivity index (χ4n) is 1.93. The van der Waals surface area contributed by atoms with Crippen LogP contribution in [0, 0.1) is 0 Å². The number of carboxylic acids is 1. The van der Waals surface area contributed by atoms with E-state index in [0.29, 0.717) is 6.42 Å². The lowest BCUT2D eigenvalue weighted by atomic mass is 10.1. The van der Waals surface area contributed by atoms with Gasteiger partial charge in [-0.3, -0.25) is 0 Å². The average molecular weight is 300 g/mol. The highest BCUT2D eigenvalue weighted by Crippen LogP contribution is 2.23. The van der Waals surface area contributed by atoms with Crippen molar-refractivity contribution in [2.75, 3.05) is 6.61 Å². The number of carbonyl (C=O) groups is 1. The quantitative estimate of drug-likeness (QED) is 0.555. The first-order chi connectivity index (χ1) is 9.58. The van der Waals surface area contributed by atoms with Crippen LogP contribution in [0.1, 0.15) is 17.7 Å². The third-order valence-electron chi connectivity index (χ3n) is 2.83. The van der Waals surface area contributed by atoms with Crippen LogP contribution in [0.4, 0.5) is 0 Å². The number of hydrogen-bond donors (Lipinski definition) is 3. The first-order valence-electron chi connectivity index (χ1n) is 6.18. The van der Waals surface area contributed by atoms with E-state index >= 15 is 0 Å². The second-order valence-electron chi connectivity index (χ2n) is 4.44. The molecule has 3 N–H and O–H groups in total. The molecule has 7 heteroatoms. The second kappa shape index (κ2) is 6.85. The molecule has 0 aromatic carbocycles. The Morgan fingerprint density at radius 2 is 2.35 bits per heavy atom. The van der Waals surface area contributed by atoms with E-state index in [-0.39, 0.29) is 18.8 Å². The molecule has 1 aliphatic heterocycles. The summed E-state index contributed by atoms with van der Waals surface area (Å²) in [6.45, 7) is -0.242. The van der Waals surface area contributed by atoms with Crippen LogP contribution in [0.5, 0.6) is 0 Å². The van der Waals surface area contributed by atoms with Crippen molar-refractivity contribution in [2.24, 2.45) is 0 Å². The van der Waals surface area contributed by atoms with Crippen LogP contribution in [0.3, 0.4) is 0 Å². The lowest BCUT2D eigenvalue weighted by molar-refractivity contribution is -0.208. The van der Waals surface area contributed by atoms with Crippen LogP contribution in [0.15, 0.2) is 23.3 Å². The van der Waals surface area contributed by atoms with Crippen molar-refractivity contribution in [2.45, 2.75) is 31.3 Å². The number of aliphatic hydroxyl groups is 2. The monoisotopic (exact) mass is 300 g/mol. The molecule has 2 rings (SSSR count). The van der Waals surface area contributed by atoms with Gasteiger partial charge in [0.15, 0.2) is 0 Å². The van der Waals surface area contributed by atoms with Crippen molar-refractivity contribution in [1.82, 2.24) is 0 Å². The molecule has 0 aliphatic carbocycles. The van der Waals surface area contributed by atoms with Gasteiger partial charge in [-0.25, -0.2) is 4.79 Å². The van der Waals surface area contributed by atoms with Gasteiger partial charge < -0.3 is 24.8 Å². The van der Waals surface area contributed by atoms with E-state index in [9.17, 15) is 9.90 Å². The first kappa shape index (κ1) is 15.0. The first-order valence-corrected chi connectivity index (χ1v) is 7.06. The number of hydrogen-bond acceptors (Lipinski definition) is 6. The van der Waals surface area contributed by atoms with Gasteiger partial charge >= 0.3 is 5.97 Å². The number of thiophene rings is 1. The van der Waals surface area contributed by atoms with Crippen LogP contribution < -0.4 is 0 Å². The summed E-state index contributed by atoms with van der Waals surface area (Å²) >= 11 is 1.39. The van der Waals surface area contributed by atoms with Gasteiger partial charge in [0.1, 0.15) is 0 Å². The molecule has 1 aromatic rings. The molecule has 1 saturated heterocycles. The minimum absolute atomic E-state index is 0.172. The zero-order chi connectivity index (χ0) is 14.5. The normalized spacial score (nSPS) is 27.3. The Bertz CT molecular complexity index is 469. The van der Waals surface area contributed by atoms with Gasteiger partial charge in [0, 0.05) is 23.8 Å². The van der Waals surface area contributed by atoms with Gasteiger partial charge in [-0.05, 0) is 11.4 Å². The van der Waals surface area contributed by atoms with E-state index in [0.717, 1.165) is 4.88 Å². The molecule has 1 aliphatic rings. The van der Waals surface area contributed by atoms with Gasteiger partial charge in [0.05, 0.1) is 18.8 Å². The Morgan fingerprint density at radius 1 is 1.55 bits per heavy atom. The largest absolute Gasteiger partial charge is 0.475 e. The minimum Gasteiger partial charge on any atom is -0.475 e. The maximum atomic E-state index is 11.2. The maximum Gasteiger partial charge on any atom is 0.371 e. The number of aliphatic hydroxyl groups excluding tert-OH is 2. The number of aliphatic carboxylic acids is 1. The molecule has 0 radical (unpaired) electrons. The molecule has 0 spiro atoms. The highest BCUT2D eigenvalue weighted by Gasteiger charge is 2.30. The molecule has 0 bridgehead atoms. The highest BCUT2D eigenvalue weighted by molar-refractivity contribution is 7.10. The summed E-state index contributed by atoms with van der Waals surface area (Å²) in [5.74, 6) is -1.45. The Kier molecular flexibility index (Phi) is 5.13. The summed E-state index contributed by atoms with van der Waals surface area (Å²) in [5.41, 5.74) is 0. The fourth-order valence-corrected chi connectivity index (χ4v) is 2.58. The van der Waals surface area contributed by atoms with Gasteiger partial charge in [-0.15, -0.1) is 11.3 Å². The van der Waals surface area contributed by atoms with Gasteiger partial charge in [0.25, 0.3) is 0 Å². The van der Waals surface area contributed by atoms with Crippen molar-refractivity contribution in [3.05, 3.63) is 28.1 Å². The Hall–Kier alpha value is -1.41. The SMILES string of the molecule is O=C(O)/C(=C/c1cccs1)OC1CC(O)CC(CO)O1. The predicted octanol–water partition coefficient (Wildman–Crippen LogP) is 1.05. The summed E-state index contributed by atoms with van der Waals surface area (Å²) in [7, 11) is 0. The molecule has 20 heavy (non-hydrogen) atoms. The summed E-state index contributed by atoms with van der Waals surface area (Å²) in [4.78, 5) is 11.9. The molecule has 1 aromatic heterocycles. The zero-order valence-electron chi connectivity index (χ0n) is 10.6. The van der Waals surface area contributed by atoms with E-state index in [1.807, 2.05) is 5.38 Å². The van der Waals surface area contributed by atoms with Crippen molar-refractivity contribution in [3.8, 4) is 0 Å². The molecule has 6 nitrogen and oxygen atoms in total. The Balaban J connectivity index is 2.06. The van der Waals surface area contributed by atoms with E-state index in [1.165, 1.54) is 17.4 Å². The highest BCUT2D eigenvalue weighted by atomic mass is 32.1. The van der Waals surface area contributed by atoms with Crippen molar-refractivity contribution >= 4 is 23.4 Å². The van der Waals surface area contributed by atoms with Crippen LogP contribution in [-0.4, -0.2) is 46.4 Å². The van der Waals surface area contributed by atoms with Crippen molar-refractivity contribution < 1.29 is 29.6 Å². The van der Waals surface area contributed by atoms with E-state index in [4.69, 9.17) is 19.7 Å². The molecule has 110 valence electrons. The smallest absolute Gasteiger partial charge is 0.371 e. The van der Waals surface area contributed by atoms with Crippen LogP contribution >= 0.6 is 11.3 Å². The minimum atomic E-state index is -1.21. The molecule has 3 atom stereocenters. The van der Waals surface area contributed by atoms with Crippen LogP contribution in [0.25, 0.3) is 6.08 Å². The molecule has 0 saturated carbocycles. The molecule has 2 heterocycles. The molecule has 0 amide bonds. The van der Waals surface area contributed by atoms with Crippen molar-refractivity contribution in [1.29, 1.82) is 0 Å². The van der Waals surface area contributed by atoms with E-state index in [1.54, 1.807) is 12.1 Å². The van der Waals surface area contributed by atoms with Gasteiger partial charge in [0.2, 0.25) is 12.0 Å². The number of ether oxygens (including phenoxy) is 2. The van der Waals surface area contributed by atoms with Crippen LogP contribution in [-0.2, 0) is 14.3 Å². The third kappa shape index (κ3) is 4.04. The topological polar surface area (TPSA) is 96.2 Å². The molecule has 1 fully saturated rings. The fraction of sp³-hybridized carbons (Fsp3) is 0.462. The second-order valence-corrected chi connectivity index (χ2v) is 5.42. The Morgan fingerprint density at radius 3 is 2.95 bits per heavy atom. The third-order valence-corrected chi connectivity index (χ3v) is 3.65. The van der Waals surface area contributed by atoms with Gasteiger partial charge in [-0.1, -0.05) is 6.07 Å². The summed E-state index contributed by atoms with van der Waals surface area (Å²) < 4.78 is 10.7. The van der Waals surface area contributed by atoms with E-state index in [2.05, 4.69) is 0 Å². The summed E-state index contributed by atoms with van der Waals surface area (Å²) in [6.07, 6.45) is -0.203. The number of carboxylic acid groups (broad SMARTS) is 1. The number of rotatable bonds is 5.